The van der Waals surface area contributed by atoms with Crippen molar-refractivity contribution in [1.29, 1.82) is 0 Å². The third-order valence-electron chi connectivity index (χ3n) is 3.81. The zero-order chi connectivity index (χ0) is 19.2. The van der Waals surface area contributed by atoms with Crippen LogP contribution in [0.1, 0.15) is 6.42 Å². The first-order valence-corrected chi connectivity index (χ1v) is 9.20. The maximum Gasteiger partial charge on any atom is 0.327 e. The fourth-order valence-electron chi connectivity index (χ4n) is 2.70. The number of carbonyl (C=O) groups is 4. The average Bonchev–Trinajstić information content (AvgIpc) is 3.00. The summed E-state index contributed by atoms with van der Waals surface area (Å²) in [5.41, 5.74) is 0.112. The molecular weight excluding hydrogens is 448 g/mol. The molecule has 1 unspecified atom stereocenters. The van der Waals surface area contributed by atoms with Gasteiger partial charge in [-0.2, -0.15) is 0 Å². The van der Waals surface area contributed by atoms with Gasteiger partial charge in [-0.15, -0.1) is 0 Å². The molecule has 2 N–H and O–H groups in total. The number of amides is 2. The van der Waals surface area contributed by atoms with E-state index in [0.717, 1.165) is 16.7 Å². The van der Waals surface area contributed by atoms with Crippen LogP contribution < -0.4 is 10.6 Å². The van der Waals surface area contributed by atoms with Crippen LogP contribution in [0.3, 0.4) is 0 Å². The van der Waals surface area contributed by atoms with Crippen molar-refractivity contribution >= 4 is 73.6 Å². The van der Waals surface area contributed by atoms with E-state index in [1.165, 1.54) is 0 Å². The first-order chi connectivity index (χ1) is 12.2. The fraction of sp³-hybridized carbons (Fsp3) is 0.200. The van der Waals surface area contributed by atoms with Crippen molar-refractivity contribution in [3.63, 3.8) is 0 Å². The highest BCUT2D eigenvalue weighted by Crippen LogP contribution is 2.35. The van der Waals surface area contributed by atoms with Crippen LogP contribution in [0.2, 0.25) is 0 Å². The lowest BCUT2D eigenvalue weighted by molar-refractivity contribution is -0.150. The maximum absolute atomic E-state index is 12.8. The number of fused-ring (bicyclic) bond motifs is 1. The number of thioether (sulfide) groups is 1. The molecule has 0 radical (unpaired) electrons. The molecular formula is C15H9BrN2O6S2. The number of carboxylic acids is 2. The zero-order valence-electron chi connectivity index (χ0n) is 12.7. The van der Waals surface area contributed by atoms with Crippen LogP contribution in [-0.2, 0) is 19.2 Å². The molecule has 1 fully saturated rings. The number of aliphatic carboxylic acids is 2. The van der Waals surface area contributed by atoms with Gasteiger partial charge in [0.1, 0.15) is 15.6 Å². The largest absolute Gasteiger partial charge is 0.481 e. The molecule has 2 atom stereocenters. The van der Waals surface area contributed by atoms with Gasteiger partial charge in [0.2, 0.25) is 5.91 Å². The van der Waals surface area contributed by atoms with Crippen molar-refractivity contribution in [2.45, 2.75) is 17.7 Å². The van der Waals surface area contributed by atoms with Gasteiger partial charge in [-0.3, -0.25) is 19.3 Å². The van der Waals surface area contributed by atoms with Gasteiger partial charge in [0.25, 0.3) is 5.91 Å². The molecule has 26 heavy (non-hydrogen) atoms. The van der Waals surface area contributed by atoms with Gasteiger partial charge in [0.15, 0.2) is 0 Å². The van der Waals surface area contributed by atoms with Crippen LogP contribution >= 0.6 is 39.9 Å². The molecule has 0 aromatic heterocycles. The minimum absolute atomic E-state index is 0.0857. The number of hydrogen-bond acceptors (Lipinski definition) is 6. The molecule has 0 bridgehead atoms. The zero-order valence-corrected chi connectivity index (χ0v) is 15.9. The monoisotopic (exact) mass is 456 g/mol. The number of carbonyl (C=O) groups excluding carboxylic acids is 2. The Labute approximate surface area is 163 Å². The Bertz CT molecular complexity index is 1010. The van der Waals surface area contributed by atoms with E-state index in [9.17, 15) is 24.3 Å². The first kappa shape index (κ1) is 18.7. The summed E-state index contributed by atoms with van der Waals surface area (Å²) in [4.78, 5) is 52.1. The summed E-state index contributed by atoms with van der Waals surface area (Å²) in [6.45, 7) is 0. The van der Waals surface area contributed by atoms with Gasteiger partial charge in [0, 0.05) is 9.69 Å². The van der Waals surface area contributed by atoms with E-state index in [-0.39, 0.29) is 9.89 Å². The van der Waals surface area contributed by atoms with Crippen molar-refractivity contribution in [2.75, 3.05) is 0 Å². The Hall–Kier alpha value is -2.11. The van der Waals surface area contributed by atoms with E-state index >= 15 is 0 Å². The summed E-state index contributed by atoms with van der Waals surface area (Å²) in [6, 6.07) is 3.33. The molecule has 1 saturated heterocycles. The smallest absolute Gasteiger partial charge is 0.327 e. The number of nitrogens with zero attached hydrogens (tertiary/aromatic N) is 2. The number of rotatable bonds is 5. The summed E-state index contributed by atoms with van der Waals surface area (Å²) in [5.74, 6) is -4.20. The van der Waals surface area contributed by atoms with Gasteiger partial charge in [-0.05, 0) is 18.2 Å². The second-order valence-corrected chi connectivity index (χ2v) is 8.07. The van der Waals surface area contributed by atoms with E-state index < -0.39 is 41.5 Å². The SMILES string of the molecule is O=C(O)C[C@H](C(=O)O)N1C(=O)C(C2=c3cc(Br)ccc3=NC2=O)SC1=S. The van der Waals surface area contributed by atoms with Gasteiger partial charge >= 0.3 is 11.9 Å². The standard InChI is InChI=1S/C15H9BrN2O6S2/c16-5-1-2-7-6(3-5)10(12(21)17-7)11-13(22)18(15(25)26-11)8(14(23)24)4-9(19)20/h1-3,8,11H,4H2,(H,19,20)(H,23,24)/t8-,11?/m1/s1. The molecule has 1 aromatic carbocycles. The molecule has 2 amide bonds. The second-order valence-electron chi connectivity index (χ2n) is 5.42. The highest BCUT2D eigenvalue weighted by atomic mass is 79.9. The quantitative estimate of drug-likeness (QED) is 0.589. The van der Waals surface area contributed by atoms with Gasteiger partial charge in [-0.1, -0.05) is 39.9 Å². The molecule has 11 heteroatoms. The van der Waals surface area contributed by atoms with Crippen LogP contribution in [0, 0.1) is 0 Å². The average molecular weight is 457 g/mol. The van der Waals surface area contributed by atoms with E-state index in [0.29, 0.717) is 15.0 Å². The summed E-state index contributed by atoms with van der Waals surface area (Å²) < 4.78 is 0.597. The van der Waals surface area contributed by atoms with Crippen molar-refractivity contribution in [3.05, 3.63) is 33.2 Å². The molecule has 0 spiro atoms. The molecule has 2 aliphatic rings. The van der Waals surface area contributed by atoms with Crippen LogP contribution in [0.5, 0.6) is 0 Å². The third kappa shape index (κ3) is 3.17. The molecule has 0 saturated carbocycles. The predicted molar refractivity (Wildman–Crippen MR) is 97.8 cm³/mol. The Morgan fingerprint density at radius 1 is 1.35 bits per heavy atom. The highest BCUT2D eigenvalue weighted by molar-refractivity contribution is 9.10. The Morgan fingerprint density at radius 3 is 2.65 bits per heavy atom. The second kappa shape index (κ2) is 6.89. The van der Waals surface area contributed by atoms with Crippen LogP contribution in [0.4, 0.5) is 0 Å². The van der Waals surface area contributed by atoms with Gasteiger partial charge < -0.3 is 10.2 Å². The number of halogens is 1. The molecule has 1 aromatic rings. The van der Waals surface area contributed by atoms with Crippen LogP contribution in [0.25, 0.3) is 5.57 Å². The highest BCUT2D eigenvalue weighted by Gasteiger charge is 2.47. The number of carboxylic acid groups (broad SMARTS) is 2. The van der Waals surface area contributed by atoms with Crippen molar-refractivity contribution in [3.8, 4) is 0 Å². The molecule has 0 aliphatic carbocycles. The lowest BCUT2D eigenvalue weighted by atomic mass is 10.1. The van der Waals surface area contributed by atoms with Crippen LogP contribution in [-0.4, -0.2) is 54.5 Å². The summed E-state index contributed by atoms with van der Waals surface area (Å²) in [6.07, 6.45) is -0.801. The van der Waals surface area contributed by atoms with Crippen LogP contribution in [0.15, 0.2) is 27.7 Å². The molecule has 2 heterocycles. The minimum Gasteiger partial charge on any atom is -0.481 e. The summed E-state index contributed by atoms with van der Waals surface area (Å²) in [7, 11) is 0. The summed E-state index contributed by atoms with van der Waals surface area (Å²) >= 11 is 9.22. The predicted octanol–water partition coefficient (Wildman–Crippen LogP) is -0.0836. The molecule has 134 valence electrons. The number of hydrogen-bond donors (Lipinski definition) is 2. The molecule has 2 aliphatic heterocycles. The summed E-state index contributed by atoms with van der Waals surface area (Å²) in [5, 5.41) is 18.0. The van der Waals surface area contributed by atoms with Gasteiger partial charge in [-0.25, -0.2) is 9.79 Å². The van der Waals surface area contributed by atoms with Crippen molar-refractivity contribution < 1.29 is 29.4 Å². The Balaban J connectivity index is 2.06. The Kier molecular flexibility index (Phi) is 4.95. The molecule has 8 nitrogen and oxygen atoms in total. The van der Waals surface area contributed by atoms with E-state index in [1.54, 1.807) is 18.2 Å². The van der Waals surface area contributed by atoms with Gasteiger partial charge in [0.05, 0.1) is 17.4 Å². The maximum atomic E-state index is 12.8. The molecule has 3 rings (SSSR count). The first-order valence-electron chi connectivity index (χ1n) is 7.12. The Morgan fingerprint density at radius 2 is 2.04 bits per heavy atom. The fourth-order valence-corrected chi connectivity index (χ4v) is 4.66. The topological polar surface area (TPSA) is 124 Å². The third-order valence-corrected chi connectivity index (χ3v) is 5.86. The van der Waals surface area contributed by atoms with E-state index in [2.05, 4.69) is 20.9 Å². The normalized spacial score (nSPS) is 20.2. The lowest BCUT2D eigenvalue weighted by Gasteiger charge is -2.22. The van der Waals surface area contributed by atoms with E-state index in [1.807, 2.05) is 0 Å². The van der Waals surface area contributed by atoms with E-state index in [4.69, 9.17) is 17.3 Å². The number of thiocarbonyl (C=S) groups is 1. The minimum atomic E-state index is -1.64. The van der Waals surface area contributed by atoms with Crippen molar-refractivity contribution in [1.82, 2.24) is 4.90 Å². The lowest BCUT2D eigenvalue weighted by Crippen LogP contribution is -2.46. The van der Waals surface area contributed by atoms with Crippen molar-refractivity contribution in [2.24, 2.45) is 4.99 Å². The number of benzene rings is 1.